The zero-order valence-electron chi connectivity index (χ0n) is 11.0. The molecule has 0 bridgehead atoms. The molecule has 6 nitrogen and oxygen atoms in total. The van der Waals surface area contributed by atoms with E-state index < -0.39 is 5.97 Å². The van der Waals surface area contributed by atoms with Gasteiger partial charge in [0.25, 0.3) is 0 Å². The van der Waals surface area contributed by atoms with Crippen molar-refractivity contribution in [2.45, 2.75) is 25.7 Å². The van der Waals surface area contributed by atoms with E-state index in [4.69, 9.17) is 5.11 Å². The third kappa shape index (κ3) is 5.86. The van der Waals surface area contributed by atoms with E-state index in [2.05, 4.69) is 17.3 Å². The molecule has 0 radical (unpaired) electrons. The van der Waals surface area contributed by atoms with Gasteiger partial charge in [-0.1, -0.05) is 0 Å². The first-order chi connectivity index (χ1) is 8.59. The Hall–Kier alpha value is -1.30. The van der Waals surface area contributed by atoms with E-state index in [0.717, 1.165) is 32.6 Å². The van der Waals surface area contributed by atoms with Crippen molar-refractivity contribution in [2.24, 2.45) is 0 Å². The van der Waals surface area contributed by atoms with Crippen LogP contribution in [0.15, 0.2) is 0 Å². The van der Waals surface area contributed by atoms with Gasteiger partial charge in [-0.3, -0.25) is 4.79 Å². The quantitative estimate of drug-likeness (QED) is 0.707. The fraction of sp³-hybridized carbons (Fsp3) is 0.833. The summed E-state index contributed by atoms with van der Waals surface area (Å²) in [5, 5.41) is 11.3. The smallest absolute Gasteiger partial charge is 0.317 e. The molecule has 1 rings (SSSR count). The second-order valence-corrected chi connectivity index (χ2v) is 4.73. The highest BCUT2D eigenvalue weighted by Gasteiger charge is 2.16. The number of carboxylic acids is 1. The van der Waals surface area contributed by atoms with Crippen LogP contribution in [0.4, 0.5) is 4.79 Å². The Labute approximate surface area is 108 Å². The summed E-state index contributed by atoms with van der Waals surface area (Å²) in [6, 6.07) is -0.0272. The lowest BCUT2D eigenvalue weighted by molar-refractivity contribution is -0.137. The molecule has 0 aromatic rings. The number of carbonyl (C=O) groups excluding carboxylic acids is 1. The maximum absolute atomic E-state index is 11.8. The first-order valence-corrected chi connectivity index (χ1v) is 6.52. The summed E-state index contributed by atoms with van der Waals surface area (Å²) < 4.78 is 0. The van der Waals surface area contributed by atoms with Gasteiger partial charge in [-0.2, -0.15) is 0 Å². The van der Waals surface area contributed by atoms with Crippen molar-refractivity contribution in [1.82, 2.24) is 15.1 Å². The number of unbranched alkanes of at least 4 members (excludes halogenated alkanes) is 1. The summed E-state index contributed by atoms with van der Waals surface area (Å²) >= 11 is 0. The number of likely N-dealkylation sites (N-methyl/N-ethyl adjacent to an activating group) is 1. The number of urea groups is 1. The minimum Gasteiger partial charge on any atom is -0.481 e. The lowest BCUT2D eigenvalue weighted by Gasteiger charge is -2.20. The first kappa shape index (κ1) is 14.8. The molecule has 2 amide bonds. The first-order valence-electron chi connectivity index (χ1n) is 6.52. The highest BCUT2D eigenvalue weighted by atomic mass is 16.4. The van der Waals surface area contributed by atoms with E-state index in [1.165, 1.54) is 0 Å². The number of aliphatic carboxylic acids is 1. The lowest BCUT2D eigenvalue weighted by atomic mass is 10.2. The van der Waals surface area contributed by atoms with Gasteiger partial charge < -0.3 is 20.2 Å². The van der Waals surface area contributed by atoms with E-state index in [0.29, 0.717) is 19.4 Å². The molecule has 1 fully saturated rings. The molecule has 0 spiro atoms. The van der Waals surface area contributed by atoms with Crippen molar-refractivity contribution >= 4 is 12.0 Å². The van der Waals surface area contributed by atoms with Gasteiger partial charge in [0.15, 0.2) is 0 Å². The molecule has 0 saturated carbocycles. The van der Waals surface area contributed by atoms with Crippen LogP contribution in [0.3, 0.4) is 0 Å². The summed E-state index contributed by atoms with van der Waals surface area (Å²) in [6.45, 7) is 4.05. The van der Waals surface area contributed by atoms with Gasteiger partial charge in [0, 0.05) is 32.6 Å². The van der Waals surface area contributed by atoms with Crippen molar-refractivity contribution in [3.05, 3.63) is 0 Å². The van der Waals surface area contributed by atoms with Gasteiger partial charge in [-0.05, 0) is 32.9 Å². The Balaban J connectivity index is 2.13. The molecule has 0 atom stereocenters. The molecule has 1 aliphatic rings. The molecule has 1 saturated heterocycles. The van der Waals surface area contributed by atoms with Crippen molar-refractivity contribution < 1.29 is 14.7 Å². The summed E-state index contributed by atoms with van der Waals surface area (Å²) in [6.07, 6.45) is 2.50. The zero-order valence-corrected chi connectivity index (χ0v) is 11.0. The predicted molar refractivity (Wildman–Crippen MR) is 68.6 cm³/mol. The summed E-state index contributed by atoms with van der Waals surface area (Å²) in [4.78, 5) is 26.2. The van der Waals surface area contributed by atoms with Crippen molar-refractivity contribution in [1.29, 1.82) is 0 Å². The van der Waals surface area contributed by atoms with Gasteiger partial charge in [0.2, 0.25) is 0 Å². The van der Waals surface area contributed by atoms with E-state index in [1.54, 1.807) is 0 Å². The molecule has 0 aromatic heterocycles. The summed E-state index contributed by atoms with van der Waals surface area (Å²) in [7, 11) is 2.06. The number of nitrogens with zero attached hydrogens (tertiary/aromatic N) is 2. The third-order valence-electron chi connectivity index (χ3n) is 3.10. The molecule has 104 valence electrons. The van der Waals surface area contributed by atoms with Crippen LogP contribution in [-0.2, 0) is 4.79 Å². The molecule has 18 heavy (non-hydrogen) atoms. The maximum Gasteiger partial charge on any atom is 0.317 e. The zero-order chi connectivity index (χ0) is 13.4. The number of hydrogen-bond donors (Lipinski definition) is 2. The second kappa shape index (κ2) is 7.92. The average Bonchev–Trinajstić information content (AvgIpc) is 2.53. The fourth-order valence-electron chi connectivity index (χ4n) is 1.96. The number of rotatable bonds is 5. The fourth-order valence-corrected chi connectivity index (χ4v) is 1.96. The average molecular weight is 257 g/mol. The maximum atomic E-state index is 11.8. The van der Waals surface area contributed by atoms with E-state index >= 15 is 0 Å². The van der Waals surface area contributed by atoms with Crippen LogP contribution in [0.5, 0.6) is 0 Å². The molecular weight excluding hydrogens is 234 g/mol. The number of hydrogen-bond acceptors (Lipinski definition) is 3. The minimum absolute atomic E-state index is 0.0272. The van der Waals surface area contributed by atoms with Crippen molar-refractivity contribution in [2.75, 3.05) is 39.8 Å². The van der Waals surface area contributed by atoms with Gasteiger partial charge in [-0.25, -0.2) is 4.79 Å². The van der Waals surface area contributed by atoms with Crippen LogP contribution in [0, 0.1) is 0 Å². The van der Waals surface area contributed by atoms with E-state index in [1.807, 2.05) is 4.90 Å². The van der Waals surface area contributed by atoms with Gasteiger partial charge in [0.1, 0.15) is 0 Å². The molecule has 1 aliphatic heterocycles. The molecule has 0 aliphatic carbocycles. The van der Waals surface area contributed by atoms with Gasteiger partial charge in [-0.15, -0.1) is 0 Å². The number of amides is 2. The monoisotopic (exact) mass is 257 g/mol. The number of carboxylic acid groups (broad SMARTS) is 1. The van der Waals surface area contributed by atoms with Crippen LogP contribution in [0.2, 0.25) is 0 Å². The molecule has 6 heteroatoms. The second-order valence-electron chi connectivity index (χ2n) is 4.73. The minimum atomic E-state index is -0.781. The van der Waals surface area contributed by atoms with Crippen LogP contribution in [0.25, 0.3) is 0 Å². The standard InChI is InChI=1S/C12H23N3O3/c1-14-7-4-8-15(10-9-14)12(18)13-6-3-2-5-11(16)17/h2-10H2,1H3,(H,13,18)(H,16,17). The third-order valence-corrected chi connectivity index (χ3v) is 3.10. The van der Waals surface area contributed by atoms with Gasteiger partial charge >= 0.3 is 12.0 Å². The Morgan fingerprint density at radius 2 is 1.94 bits per heavy atom. The van der Waals surface area contributed by atoms with Crippen LogP contribution in [0.1, 0.15) is 25.7 Å². The predicted octanol–water partition coefficient (Wildman–Crippen LogP) is 0.588. The Morgan fingerprint density at radius 1 is 1.17 bits per heavy atom. The van der Waals surface area contributed by atoms with Gasteiger partial charge in [0.05, 0.1) is 0 Å². The summed E-state index contributed by atoms with van der Waals surface area (Å²) in [5.41, 5.74) is 0. The number of carbonyl (C=O) groups is 2. The Bertz CT molecular complexity index is 284. The van der Waals surface area contributed by atoms with Crippen LogP contribution >= 0.6 is 0 Å². The highest BCUT2D eigenvalue weighted by molar-refractivity contribution is 5.74. The summed E-state index contributed by atoms with van der Waals surface area (Å²) in [5.74, 6) is -0.781. The largest absolute Gasteiger partial charge is 0.481 e. The van der Waals surface area contributed by atoms with Crippen molar-refractivity contribution in [3.8, 4) is 0 Å². The molecule has 0 unspecified atom stereocenters. The Morgan fingerprint density at radius 3 is 2.67 bits per heavy atom. The molecule has 1 heterocycles. The topological polar surface area (TPSA) is 72.9 Å². The van der Waals surface area contributed by atoms with E-state index in [-0.39, 0.29) is 12.5 Å². The van der Waals surface area contributed by atoms with Crippen LogP contribution in [-0.4, -0.2) is 66.7 Å². The number of nitrogens with one attached hydrogen (secondary N) is 1. The molecular formula is C12H23N3O3. The molecule has 2 N–H and O–H groups in total. The highest BCUT2D eigenvalue weighted by Crippen LogP contribution is 2.01. The Kier molecular flexibility index (Phi) is 6.49. The lowest BCUT2D eigenvalue weighted by Crippen LogP contribution is -2.42. The normalized spacial score (nSPS) is 17.3. The van der Waals surface area contributed by atoms with Crippen molar-refractivity contribution in [3.63, 3.8) is 0 Å². The van der Waals surface area contributed by atoms with E-state index in [9.17, 15) is 9.59 Å². The SMILES string of the molecule is CN1CCCN(C(=O)NCCCCC(=O)O)CC1. The molecule has 0 aromatic carbocycles. The van der Waals surface area contributed by atoms with Crippen LogP contribution < -0.4 is 5.32 Å².